The Balaban J connectivity index is 1.60. The van der Waals surface area contributed by atoms with E-state index in [4.69, 9.17) is 17.3 Å². The van der Waals surface area contributed by atoms with Gasteiger partial charge in [-0.25, -0.2) is 9.20 Å². The summed E-state index contributed by atoms with van der Waals surface area (Å²) in [5, 5.41) is 4.33. The molecule has 1 saturated heterocycles. The van der Waals surface area contributed by atoms with Crippen LogP contribution in [0.1, 0.15) is 29.8 Å². The lowest BCUT2D eigenvalue weighted by atomic mass is 9.96. The second-order valence-electron chi connectivity index (χ2n) is 8.39. The molecule has 0 radical (unpaired) electrons. The number of β-lactam (4-membered cyclic amide) rings is 1. The molecule has 10 heteroatoms. The molecule has 2 aliphatic rings. The van der Waals surface area contributed by atoms with E-state index in [0.29, 0.717) is 11.4 Å². The third-order valence-electron chi connectivity index (χ3n) is 6.03. The van der Waals surface area contributed by atoms with Crippen LogP contribution < -0.4 is 11.1 Å². The standard InChI is InChI=1S/C22H22ClN5O2S2/c1-22(11-32(3,30)28(2)21(24)27-22)20-17(23)14-8-9-25-18(19(14)31-20)13-6-4-12(5-7-13)15-10-16(29)26-15/h4-9,15H,3,10-11H2,1-2H3,(H2,24,27)(H,26,29)/t15?,22-,32?/m0/s1. The number of nitrogens with zero attached hydrogens (tertiary/aromatic N) is 3. The molecule has 1 amide bonds. The van der Waals surface area contributed by atoms with E-state index in [1.807, 2.05) is 37.3 Å². The van der Waals surface area contributed by atoms with Crippen molar-refractivity contribution in [2.24, 2.45) is 10.7 Å². The Morgan fingerprint density at radius 3 is 2.66 bits per heavy atom. The van der Waals surface area contributed by atoms with Crippen molar-refractivity contribution in [3.63, 3.8) is 0 Å². The molecular weight excluding hydrogens is 466 g/mol. The minimum absolute atomic E-state index is 0.0724. The van der Waals surface area contributed by atoms with Crippen molar-refractivity contribution in [1.82, 2.24) is 14.6 Å². The van der Waals surface area contributed by atoms with Crippen LogP contribution in [0.3, 0.4) is 0 Å². The maximum atomic E-state index is 13.1. The normalized spacial score (nSPS) is 27.7. The van der Waals surface area contributed by atoms with Crippen molar-refractivity contribution in [2.45, 2.75) is 24.9 Å². The number of amides is 1. The van der Waals surface area contributed by atoms with E-state index in [1.54, 1.807) is 13.2 Å². The third kappa shape index (κ3) is 3.27. The van der Waals surface area contributed by atoms with E-state index in [2.05, 4.69) is 21.2 Å². The molecule has 1 aromatic carbocycles. The Morgan fingerprint density at radius 1 is 1.34 bits per heavy atom. The zero-order chi connectivity index (χ0) is 22.8. The number of benzene rings is 1. The average molecular weight is 488 g/mol. The number of aliphatic imine (C=N–C) groups is 1. The van der Waals surface area contributed by atoms with Gasteiger partial charge in [0.1, 0.15) is 5.54 Å². The number of aromatic nitrogens is 1. The summed E-state index contributed by atoms with van der Waals surface area (Å²) in [5.74, 6) is 4.36. The van der Waals surface area contributed by atoms with E-state index in [1.165, 1.54) is 15.6 Å². The quantitative estimate of drug-likeness (QED) is 0.437. The first kappa shape index (κ1) is 21.2. The molecule has 2 unspecified atom stereocenters. The number of hydrogen-bond donors (Lipinski definition) is 2. The van der Waals surface area contributed by atoms with Crippen molar-refractivity contribution in [1.29, 1.82) is 0 Å². The molecule has 2 aliphatic heterocycles. The van der Waals surface area contributed by atoms with Crippen LogP contribution in [0.2, 0.25) is 5.02 Å². The highest BCUT2D eigenvalue weighted by Crippen LogP contribution is 2.47. The van der Waals surface area contributed by atoms with Crippen molar-refractivity contribution >= 4 is 60.5 Å². The van der Waals surface area contributed by atoms with Crippen LogP contribution >= 0.6 is 22.9 Å². The van der Waals surface area contributed by atoms with Crippen LogP contribution in [0.4, 0.5) is 0 Å². The van der Waals surface area contributed by atoms with Crippen molar-refractivity contribution in [3.8, 4) is 11.3 Å². The van der Waals surface area contributed by atoms with Crippen LogP contribution in [0, 0.1) is 0 Å². The fourth-order valence-electron chi connectivity index (χ4n) is 4.16. The molecule has 5 rings (SSSR count). The molecule has 3 atom stereocenters. The highest BCUT2D eigenvalue weighted by Gasteiger charge is 2.40. The lowest BCUT2D eigenvalue weighted by Crippen LogP contribution is -2.50. The van der Waals surface area contributed by atoms with Gasteiger partial charge in [-0.3, -0.25) is 14.1 Å². The van der Waals surface area contributed by atoms with Gasteiger partial charge in [0, 0.05) is 24.2 Å². The van der Waals surface area contributed by atoms with Gasteiger partial charge >= 0.3 is 0 Å². The van der Waals surface area contributed by atoms with E-state index in [0.717, 1.165) is 31.8 Å². The van der Waals surface area contributed by atoms with E-state index >= 15 is 0 Å². The molecule has 7 nitrogen and oxygen atoms in total. The first-order valence-corrected chi connectivity index (χ1v) is 13.1. The Hall–Kier alpha value is -2.62. The van der Waals surface area contributed by atoms with Crippen LogP contribution in [0.15, 0.2) is 41.5 Å². The fraction of sp³-hybridized carbons (Fsp3) is 0.273. The van der Waals surface area contributed by atoms with E-state index in [9.17, 15) is 9.00 Å². The number of halogens is 1. The summed E-state index contributed by atoms with van der Waals surface area (Å²) >= 11 is 8.32. The zero-order valence-corrected chi connectivity index (χ0v) is 20.0. The maximum absolute atomic E-state index is 13.1. The molecule has 0 aliphatic carbocycles. The van der Waals surface area contributed by atoms with Gasteiger partial charge in [0.2, 0.25) is 11.9 Å². The van der Waals surface area contributed by atoms with E-state index < -0.39 is 15.2 Å². The predicted molar refractivity (Wildman–Crippen MR) is 132 cm³/mol. The van der Waals surface area contributed by atoms with Gasteiger partial charge < -0.3 is 11.1 Å². The van der Waals surface area contributed by atoms with Gasteiger partial charge in [0.05, 0.1) is 48.2 Å². The summed E-state index contributed by atoms with van der Waals surface area (Å²) in [6.45, 7) is 1.89. The smallest absolute Gasteiger partial charge is 0.222 e. The molecule has 2 aromatic heterocycles. The number of fused-ring (bicyclic) bond motifs is 1. The minimum atomic E-state index is -2.62. The first-order valence-electron chi connectivity index (χ1n) is 10.0. The van der Waals surface area contributed by atoms with E-state index in [-0.39, 0.29) is 23.7 Å². The molecule has 0 bridgehead atoms. The van der Waals surface area contributed by atoms with Gasteiger partial charge in [0.25, 0.3) is 0 Å². The molecule has 1 fully saturated rings. The Labute approximate surface area is 195 Å². The summed E-state index contributed by atoms with van der Waals surface area (Å²) in [6, 6.07) is 9.99. The van der Waals surface area contributed by atoms with Crippen LogP contribution in [0.5, 0.6) is 0 Å². The second-order valence-corrected chi connectivity index (χ2v) is 12.2. The molecule has 4 heterocycles. The number of guanidine groups is 1. The molecular formula is C22H22ClN5O2S2. The van der Waals surface area contributed by atoms with Gasteiger partial charge in [-0.05, 0) is 24.4 Å². The highest BCUT2D eigenvalue weighted by atomic mass is 35.5. The Kier molecular flexibility index (Phi) is 4.77. The third-order valence-corrected chi connectivity index (χ3v) is 10.2. The molecule has 32 heavy (non-hydrogen) atoms. The largest absolute Gasteiger partial charge is 0.369 e. The number of hydrogen-bond acceptors (Lipinski definition) is 6. The van der Waals surface area contributed by atoms with Gasteiger partial charge in [-0.2, -0.15) is 0 Å². The lowest BCUT2D eigenvalue weighted by Gasteiger charge is -2.36. The maximum Gasteiger partial charge on any atom is 0.222 e. The number of carbonyl (C=O) groups is 1. The molecule has 3 N–H and O–H groups in total. The van der Waals surface area contributed by atoms with Gasteiger partial charge in [-0.15, -0.1) is 11.3 Å². The summed E-state index contributed by atoms with van der Waals surface area (Å²) in [4.78, 5) is 21.3. The summed E-state index contributed by atoms with van der Waals surface area (Å²) in [6.07, 6.45) is 2.25. The lowest BCUT2D eigenvalue weighted by molar-refractivity contribution is -0.128. The minimum Gasteiger partial charge on any atom is -0.369 e. The topological polar surface area (TPSA) is 101 Å². The van der Waals surface area contributed by atoms with Crippen molar-refractivity contribution in [3.05, 3.63) is 52.0 Å². The molecule has 0 spiro atoms. The van der Waals surface area contributed by atoms with Crippen molar-refractivity contribution < 1.29 is 9.00 Å². The average Bonchev–Trinajstić information content (AvgIpc) is 3.07. The zero-order valence-electron chi connectivity index (χ0n) is 17.6. The molecule has 166 valence electrons. The first-order chi connectivity index (χ1) is 15.1. The number of rotatable bonds is 3. The summed E-state index contributed by atoms with van der Waals surface area (Å²) in [7, 11) is -0.977. The Morgan fingerprint density at radius 2 is 2.03 bits per heavy atom. The molecule has 0 saturated carbocycles. The van der Waals surface area contributed by atoms with Gasteiger partial charge in [-0.1, -0.05) is 35.9 Å². The fourth-order valence-corrected chi connectivity index (χ4v) is 7.73. The second kappa shape index (κ2) is 7.19. The van der Waals surface area contributed by atoms with Gasteiger partial charge in [0.15, 0.2) is 0 Å². The van der Waals surface area contributed by atoms with Crippen molar-refractivity contribution in [2.75, 3.05) is 12.8 Å². The highest BCUT2D eigenvalue weighted by molar-refractivity contribution is 7.98. The summed E-state index contributed by atoms with van der Waals surface area (Å²) in [5.41, 5.74) is 8.06. The number of pyridine rings is 1. The van der Waals surface area contributed by atoms with Crippen LogP contribution in [-0.4, -0.2) is 44.0 Å². The monoisotopic (exact) mass is 487 g/mol. The Bertz CT molecular complexity index is 1390. The number of nitrogens with one attached hydrogen (secondary N) is 1. The number of carbonyl (C=O) groups excluding carboxylic acids is 1. The SMILES string of the molecule is C=S1(=O)C[C@@](C)(c2sc3c(-c4ccc(C5CC(=O)N5)cc4)nccc3c2Cl)N=C(N)N1C. The number of nitrogens with two attached hydrogens (primary N) is 1. The number of thiophene rings is 1. The predicted octanol–water partition coefficient (Wildman–Crippen LogP) is 3.28. The molecule has 3 aromatic rings. The van der Waals surface area contributed by atoms with Crippen LogP contribution in [0.25, 0.3) is 21.3 Å². The summed E-state index contributed by atoms with van der Waals surface area (Å²) < 4.78 is 15.4. The van der Waals surface area contributed by atoms with Crippen LogP contribution in [-0.2, 0) is 20.0 Å².